The quantitative estimate of drug-likeness (QED) is 0.285. The van der Waals surface area contributed by atoms with E-state index in [4.69, 9.17) is 0 Å². The Kier molecular flexibility index (Phi) is 1180. The van der Waals surface area contributed by atoms with Gasteiger partial charge in [-0.3, -0.25) is 0 Å². The third-order valence-corrected chi connectivity index (χ3v) is 0. The number of hydrogen-bond donors (Lipinski definition) is 0. The van der Waals surface area contributed by atoms with Crippen LogP contribution in [0.25, 0.3) is 0 Å². The van der Waals surface area contributed by atoms with Crippen LogP contribution in [0.1, 0.15) is 0 Å². The maximum Gasteiger partial charge on any atom is 2.00 e. The Bertz CT molecular complexity index is 15.7. The molecule has 0 aliphatic carbocycles. The molecular formula is H6Ba2CaO6W. The summed E-state index contributed by atoms with van der Waals surface area (Å²) in [6, 6.07) is 0. The maximum absolute atomic E-state index is 0. The summed E-state index contributed by atoms with van der Waals surface area (Å²) in [7, 11) is 0. The van der Waals surface area contributed by atoms with Crippen LogP contribution in [-0.4, -0.2) is 168 Å². The van der Waals surface area contributed by atoms with Gasteiger partial charge in [0.2, 0.25) is 0 Å². The van der Waals surface area contributed by atoms with E-state index in [0.29, 0.717) is 0 Å². The molecule has 10 heavy (non-hydrogen) atoms. The van der Waals surface area contributed by atoms with Crippen molar-refractivity contribution in [1.29, 1.82) is 0 Å². The average Bonchev–Trinajstić information content (AvgIpc) is 0. The Morgan fingerprint density at radius 1 is 0.400 bits per heavy atom. The molecule has 0 amide bonds. The van der Waals surface area contributed by atoms with Crippen LogP contribution in [0.3, 0.4) is 0 Å². The summed E-state index contributed by atoms with van der Waals surface area (Å²) in [5.74, 6) is 0. The molecule has 0 fully saturated rings. The standard InChI is InChI=1S/2Ba.Ca.6H2O.W/h;;;6*1H2;/q3*+2;;;;;;;/p-6. The summed E-state index contributed by atoms with van der Waals surface area (Å²) < 4.78 is 0. The van der Waals surface area contributed by atoms with Crippen molar-refractivity contribution in [3.63, 3.8) is 0 Å². The van der Waals surface area contributed by atoms with Gasteiger partial charge in [-0.2, -0.15) is 0 Å². The third-order valence-electron chi connectivity index (χ3n) is 0. The zero-order valence-electron chi connectivity index (χ0n) is 5.21. The van der Waals surface area contributed by atoms with E-state index >= 15 is 0 Å². The van der Waals surface area contributed by atoms with Crippen molar-refractivity contribution in [3.8, 4) is 0 Å². The first-order valence-corrected chi connectivity index (χ1v) is 0. The molecule has 54 valence electrons. The molecule has 0 saturated heterocycles. The molecule has 0 aromatic rings. The van der Waals surface area contributed by atoms with E-state index in [1.807, 2.05) is 0 Å². The average molecular weight is 601 g/mol. The van der Waals surface area contributed by atoms with E-state index in [0.717, 1.165) is 0 Å². The van der Waals surface area contributed by atoms with Crippen LogP contribution in [0.2, 0.25) is 0 Å². The van der Waals surface area contributed by atoms with E-state index in [9.17, 15) is 0 Å². The van der Waals surface area contributed by atoms with Crippen molar-refractivity contribution < 1.29 is 53.9 Å². The molecule has 6 nitrogen and oxygen atoms in total. The smallest absolute Gasteiger partial charge is 0.870 e. The molecule has 0 spiro atoms. The predicted molar refractivity (Wildman–Crippen MR) is 28.9 cm³/mol. The summed E-state index contributed by atoms with van der Waals surface area (Å²) in [6.07, 6.45) is 0. The van der Waals surface area contributed by atoms with Crippen LogP contribution in [0.15, 0.2) is 0 Å². The largest absolute Gasteiger partial charge is 2.00 e. The fraction of sp³-hybridized carbons (Fsp3) is 0. The van der Waals surface area contributed by atoms with Crippen LogP contribution in [-0.2, 0) is 21.1 Å². The topological polar surface area (TPSA) is 180 Å². The van der Waals surface area contributed by atoms with Crippen molar-refractivity contribution in [2.24, 2.45) is 0 Å². The van der Waals surface area contributed by atoms with Gasteiger partial charge in [0.25, 0.3) is 0 Å². The van der Waals surface area contributed by atoms with Crippen LogP contribution in [0.4, 0.5) is 0 Å². The molecule has 0 aromatic heterocycles. The number of hydrogen-bond acceptors (Lipinski definition) is 6. The molecule has 0 heterocycles. The summed E-state index contributed by atoms with van der Waals surface area (Å²) in [6.45, 7) is 0. The summed E-state index contributed by atoms with van der Waals surface area (Å²) in [5, 5.41) is 0. The first kappa shape index (κ1) is 121. The molecule has 10 heteroatoms. The second-order valence-electron chi connectivity index (χ2n) is 0. The second-order valence-corrected chi connectivity index (χ2v) is 0. The molecule has 0 atom stereocenters. The van der Waals surface area contributed by atoms with E-state index in [1.165, 1.54) is 0 Å². The minimum absolute atomic E-state index is 0. The van der Waals surface area contributed by atoms with Gasteiger partial charge in [0, 0.05) is 21.1 Å². The Balaban J connectivity index is 0. The van der Waals surface area contributed by atoms with Crippen LogP contribution >= 0.6 is 0 Å². The molecule has 0 unspecified atom stereocenters. The monoisotopic (exact) mass is 602 g/mol. The van der Waals surface area contributed by atoms with E-state index < -0.39 is 0 Å². The van der Waals surface area contributed by atoms with Crippen molar-refractivity contribution >= 4 is 136 Å². The summed E-state index contributed by atoms with van der Waals surface area (Å²) >= 11 is 0. The first-order chi connectivity index (χ1) is 0. The van der Waals surface area contributed by atoms with Gasteiger partial charge in [-0.1, -0.05) is 0 Å². The molecular weight excluding hydrogens is 595 g/mol. The molecule has 0 saturated carbocycles. The van der Waals surface area contributed by atoms with Crippen molar-refractivity contribution in [2.75, 3.05) is 0 Å². The molecule has 0 rings (SSSR count). The minimum atomic E-state index is 0. The fourth-order valence-electron chi connectivity index (χ4n) is 0. The van der Waals surface area contributed by atoms with E-state index in [1.54, 1.807) is 0 Å². The van der Waals surface area contributed by atoms with E-state index in [-0.39, 0.29) is 189 Å². The van der Waals surface area contributed by atoms with Gasteiger partial charge in [-0.05, 0) is 0 Å². The van der Waals surface area contributed by atoms with Gasteiger partial charge >= 0.3 is 136 Å². The van der Waals surface area contributed by atoms with Crippen molar-refractivity contribution in [3.05, 3.63) is 0 Å². The zero-order chi connectivity index (χ0) is 0. The van der Waals surface area contributed by atoms with E-state index in [2.05, 4.69) is 0 Å². The Hall–Kier alpha value is 4.85. The van der Waals surface area contributed by atoms with Crippen LogP contribution < -0.4 is 0 Å². The van der Waals surface area contributed by atoms with Gasteiger partial charge in [0.1, 0.15) is 0 Å². The Labute approximate surface area is 184 Å². The van der Waals surface area contributed by atoms with Crippen molar-refractivity contribution in [1.82, 2.24) is 0 Å². The van der Waals surface area contributed by atoms with Gasteiger partial charge in [0.05, 0.1) is 0 Å². The molecule has 0 aliphatic heterocycles. The fourth-order valence-corrected chi connectivity index (χ4v) is 0. The normalized spacial score (nSPS) is 0. The van der Waals surface area contributed by atoms with Gasteiger partial charge in [-0.15, -0.1) is 0 Å². The molecule has 6 N–H and O–H groups in total. The molecule has 0 radical (unpaired) electrons. The van der Waals surface area contributed by atoms with Gasteiger partial charge < -0.3 is 32.9 Å². The molecule has 0 aromatic carbocycles. The maximum atomic E-state index is 0. The van der Waals surface area contributed by atoms with Crippen LogP contribution in [0, 0.1) is 0 Å². The minimum Gasteiger partial charge on any atom is -0.870 e. The first-order valence-electron chi connectivity index (χ1n) is 0. The summed E-state index contributed by atoms with van der Waals surface area (Å²) in [5.41, 5.74) is 0. The summed E-state index contributed by atoms with van der Waals surface area (Å²) in [4.78, 5) is 0. The second kappa shape index (κ2) is 97.2. The molecule has 0 aliphatic rings. The Morgan fingerprint density at radius 3 is 0.400 bits per heavy atom. The number of rotatable bonds is 0. The Morgan fingerprint density at radius 2 is 0.400 bits per heavy atom. The predicted octanol–water partition coefficient (Wildman–Crippen LogP) is -2.21. The van der Waals surface area contributed by atoms with Crippen LogP contribution in [0.5, 0.6) is 0 Å². The SMILES string of the molecule is [Ba+2].[Ba+2].[Ca+2].[OH-].[OH-].[OH-].[OH-].[OH-].[OH-].[W]. The zero-order valence-corrected chi connectivity index (χ0v) is 19.2. The third kappa shape index (κ3) is 76.7. The van der Waals surface area contributed by atoms with Crippen molar-refractivity contribution in [2.45, 2.75) is 0 Å². The van der Waals surface area contributed by atoms with Gasteiger partial charge in [0.15, 0.2) is 0 Å². The molecule has 0 bridgehead atoms. The van der Waals surface area contributed by atoms with Gasteiger partial charge in [-0.25, -0.2) is 0 Å².